The van der Waals surface area contributed by atoms with E-state index in [4.69, 9.17) is 11.6 Å². The summed E-state index contributed by atoms with van der Waals surface area (Å²) in [6.45, 7) is 5.60. The number of nitrogens with zero attached hydrogens (tertiary/aromatic N) is 2. The van der Waals surface area contributed by atoms with E-state index in [0.29, 0.717) is 11.1 Å². The minimum absolute atomic E-state index is 0.153. The van der Waals surface area contributed by atoms with Crippen LogP contribution in [0.4, 0.5) is 13.2 Å². The number of benzene rings is 1. The Balaban J connectivity index is 2.90. The van der Waals surface area contributed by atoms with Crippen LogP contribution in [0.3, 0.4) is 0 Å². The van der Waals surface area contributed by atoms with E-state index in [1.165, 1.54) is 6.07 Å². The zero-order chi connectivity index (χ0) is 14.4. The fraction of sp³-hybridized carbons (Fsp3) is 0.385. The number of fused-ring (bicyclic) bond motifs is 1. The van der Waals surface area contributed by atoms with Crippen molar-refractivity contribution in [3.63, 3.8) is 0 Å². The quantitative estimate of drug-likeness (QED) is 0.662. The van der Waals surface area contributed by atoms with Crippen molar-refractivity contribution in [1.29, 1.82) is 0 Å². The Hall–Kier alpha value is -1.36. The average Bonchev–Trinajstić information content (AvgIpc) is 2.24. The summed E-state index contributed by atoms with van der Waals surface area (Å²) in [7, 11) is 0. The molecule has 1 aromatic heterocycles. The molecule has 1 heterocycles. The highest BCUT2D eigenvalue weighted by Crippen LogP contribution is 2.37. The van der Waals surface area contributed by atoms with Crippen molar-refractivity contribution in [3.05, 3.63) is 34.7 Å². The van der Waals surface area contributed by atoms with Gasteiger partial charge in [0, 0.05) is 10.8 Å². The summed E-state index contributed by atoms with van der Waals surface area (Å²) in [5, 5.41) is 0.209. The molecule has 0 atom stereocenters. The molecule has 0 saturated carbocycles. The molecule has 2 rings (SSSR count). The number of para-hydroxylation sites is 1. The van der Waals surface area contributed by atoms with Crippen LogP contribution in [0.25, 0.3) is 10.9 Å². The fourth-order valence-electron chi connectivity index (χ4n) is 1.93. The maximum atomic E-state index is 13.0. The third-order valence-electron chi connectivity index (χ3n) is 2.72. The van der Waals surface area contributed by atoms with Gasteiger partial charge in [-0.05, 0) is 17.7 Å². The van der Waals surface area contributed by atoms with Crippen LogP contribution >= 0.6 is 11.6 Å². The Bertz CT molecular complexity index is 630. The van der Waals surface area contributed by atoms with Gasteiger partial charge in [0.2, 0.25) is 5.28 Å². The molecule has 102 valence electrons. The van der Waals surface area contributed by atoms with Gasteiger partial charge in [-0.1, -0.05) is 32.9 Å². The van der Waals surface area contributed by atoms with Crippen LogP contribution in [-0.2, 0) is 11.6 Å². The van der Waals surface area contributed by atoms with Crippen LogP contribution in [-0.4, -0.2) is 9.97 Å². The molecular weight excluding hydrogens is 277 g/mol. The molecule has 0 fully saturated rings. The molecule has 0 spiro atoms. The summed E-state index contributed by atoms with van der Waals surface area (Å²) in [6, 6.07) is 3.94. The van der Waals surface area contributed by atoms with E-state index in [2.05, 4.69) is 9.97 Å². The van der Waals surface area contributed by atoms with Gasteiger partial charge in [-0.2, -0.15) is 13.2 Å². The van der Waals surface area contributed by atoms with Crippen molar-refractivity contribution < 1.29 is 13.2 Å². The van der Waals surface area contributed by atoms with Crippen LogP contribution in [0.1, 0.15) is 32.0 Å². The van der Waals surface area contributed by atoms with E-state index < -0.39 is 17.2 Å². The first-order chi connectivity index (χ1) is 8.60. The van der Waals surface area contributed by atoms with Gasteiger partial charge in [0.25, 0.3) is 0 Å². The van der Waals surface area contributed by atoms with E-state index >= 15 is 0 Å². The molecule has 0 aliphatic heterocycles. The smallest absolute Gasteiger partial charge is 0.222 e. The summed E-state index contributed by atoms with van der Waals surface area (Å²) < 4.78 is 38.9. The van der Waals surface area contributed by atoms with Gasteiger partial charge in [0.1, 0.15) is 0 Å². The molecule has 0 aliphatic carbocycles. The Labute approximate surface area is 113 Å². The molecule has 2 aromatic rings. The summed E-state index contributed by atoms with van der Waals surface area (Å²) >= 11 is 5.76. The van der Waals surface area contributed by atoms with Gasteiger partial charge >= 0.3 is 6.18 Å². The lowest BCUT2D eigenvalue weighted by molar-refractivity contribution is -0.136. The zero-order valence-corrected chi connectivity index (χ0v) is 11.4. The molecule has 1 aromatic carbocycles. The first kappa shape index (κ1) is 14.1. The number of halogens is 4. The monoisotopic (exact) mass is 288 g/mol. The van der Waals surface area contributed by atoms with E-state index in [0.717, 1.165) is 6.07 Å². The van der Waals surface area contributed by atoms with Crippen molar-refractivity contribution in [2.75, 3.05) is 0 Å². The van der Waals surface area contributed by atoms with Gasteiger partial charge in [0.15, 0.2) is 0 Å². The second-order valence-electron chi connectivity index (χ2n) is 5.29. The molecule has 0 bridgehead atoms. The lowest BCUT2D eigenvalue weighted by Gasteiger charge is -2.21. The second-order valence-corrected chi connectivity index (χ2v) is 5.63. The van der Waals surface area contributed by atoms with Gasteiger partial charge in [0.05, 0.1) is 16.8 Å². The molecule has 19 heavy (non-hydrogen) atoms. The third-order valence-corrected chi connectivity index (χ3v) is 2.88. The first-order valence-corrected chi connectivity index (χ1v) is 6.02. The maximum absolute atomic E-state index is 13.0. The van der Waals surface area contributed by atoms with E-state index in [9.17, 15) is 13.2 Å². The highest BCUT2D eigenvalue weighted by molar-refractivity contribution is 6.28. The molecule has 0 unspecified atom stereocenters. The largest absolute Gasteiger partial charge is 0.418 e. The molecule has 0 N–H and O–H groups in total. The Morgan fingerprint density at radius 1 is 1.05 bits per heavy atom. The number of rotatable bonds is 0. The Morgan fingerprint density at radius 3 is 2.21 bits per heavy atom. The normalized spacial score (nSPS) is 13.0. The number of alkyl halides is 3. The van der Waals surface area contributed by atoms with Gasteiger partial charge in [-0.3, -0.25) is 0 Å². The average molecular weight is 289 g/mol. The minimum Gasteiger partial charge on any atom is -0.222 e. The minimum atomic E-state index is -4.47. The summed E-state index contributed by atoms with van der Waals surface area (Å²) in [6.07, 6.45) is -4.47. The molecular formula is C13H12ClF3N2. The topological polar surface area (TPSA) is 25.8 Å². The maximum Gasteiger partial charge on any atom is 0.418 e. The van der Waals surface area contributed by atoms with Crippen LogP contribution in [0.5, 0.6) is 0 Å². The van der Waals surface area contributed by atoms with Crippen LogP contribution in [0.2, 0.25) is 5.28 Å². The summed E-state index contributed by atoms with van der Waals surface area (Å²) in [5.74, 6) is 0. The molecule has 0 aliphatic rings. The second kappa shape index (κ2) is 4.34. The lowest BCUT2D eigenvalue weighted by Crippen LogP contribution is -2.16. The summed E-state index contributed by atoms with van der Waals surface area (Å²) in [5.41, 5.74) is -0.858. The highest BCUT2D eigenvalue weighted by atomic mass is 35.5. The molecule has 0 saturated heterocycles. The van der Waals surface area contributed by atoms with E-state index in [1.807, 2.05) is 20.8 Å². The third kappa shape index (κ3) is 2.66. The van der Waals surface area contributed by atoms with Crippen molar-refractivity contribution in [1.82, 2.24) is 9.97 Å². The highest BCUT2D eigenvalue weighted by Gasteiger charge is 2.34. The molecule has 2 nitrogen and oxygen atoms in total. The lowest BCUT2D eigenvalue weighted by atomic mass is 9.88. The van der Waals surface area contributed by atoms with Crippen molar-refractivity contribution in [2.45, 2.75) is 32.4 Å². The predicted octanol–water partition coefficient (Wildman–Crippen LogP) is 4.60. The fourth-order valence-corrected chi connectivity index (χ4v) is 2.09. The summed E-state index contributed by atoms with van der Waals surface area (Å²) in [4.78, 5) is 7.83. The number of aromatic nitrogens is 2. The Morgan fingerprint density at radius 2 is 1.68 bits per heavy atom. The van der Waals surface area contributed by atoms with Crippen LogP contribution < -0.4 is 0 Å². The molecule has 0 radical (unpaired) electrons. The standard InChI is InChI=1S/C13H12ClF3N2/c1-12(2,3)10-7-5-4-6-8(13(15,16)17)9(7)18-11(14)19-10/h4-6H,1-3H3. The van der Waals surface area contributed by atoms with Gasteiger partial charge in [-0.15, -0.1) is 0 Å². The van der Waals surface area contributed by atoms with Crippen LogP contribution in [0.15, 0.2) is 18.2 Å². The Kier molecular flexibility index (Phi) is 3.21. The first-order valence-electron chi connectivity index (χ1n) is 5.64. The number of hydrogen-bond donors (Lipinski definition) is 0. The van der Waals surface area contributed by atoms with Gasteiger partial charge < -0.3 is 0 Å². The molecule has 0 amide bonds. The van der Waals surface area contributed by atoms with Gasteiger partial charge in [-0.25, -0.2) is 9.97 Å². The van der Waals surface area contributed by atoms with Crippen LogP contribution in [0, 0.1) is 0 Å². The molecule has 6 heteroatoms. The van der Waals surface area contributed by atoms with Crippen molar-refractivity contribution >= 4 is 22.5 Å². The SMILES string of the molecule is CC(C)(C)c1nc(Cl)nc2c(C(F)(F)F)cccc12. The predicted molar refractivity (Wildman–Crippen MR) is 68.3 cm³/mol. The van der Waals surface area contributed by atoms with E-state index in [1.54, 1.807) is 6.07 Å². The van der Waals surface area contributed by atoms with Crippen molar-refractivity contribution in [3.8, 4) is 0 Å². The van der Waals surface area contributed by atoms with Crippen molar-refractivity contribution in [2.24, 2.45) is 0 Å². The zero-order valence-electron chi connectivity index (χ0n) is 10.6. The van der Waals surface area contributed by atoms with E-state index in [-0.39, 0.29) is 10.8 Å². The number of hydrogen-bond acceptors (Lipinski definition) is 2.